The molecule has 88 valence electrons. The molecule has 2 saturated heterocycles. The average Bonchev–Trinajstić information content (AvgIpc) is 2.44. The first-order valence-electron chi connectivity index (χ1n) is 5.93. The fourth-order valence-electron chi connectivity index (χ4n) is 2.02. The molecule has 0 radical (unpaired) electrons. The van der Waals surface area contributed by atoms with Crippen LogP contribution in [0.4, 0.5) is 0 Å². The second-order valence-electron chi connectivity index (χ2n) is 4.71. The summed E-state index contributed by atoms with van der Waals surface area (Å²) in [5.41, 5.74) is 0.0996. The SMILES string of the molecule is CC1(OCCN2CCCOCC2)CNC1. The predicted molar refractivity (Wildman–Crippen MR) is 59.1 cm³/mol. The van der Waals surface area contributed by atoms with E-state index in [4.69, 9.17) is 9.47 Å². The average molecular weight is 214 g/mol. The van der Waals surface area contributed by atoms with Crippen LogP contribution in [-0.2, 0) is 9.47 Å². The highest BCUT2D eigenvalue weighted by Crippen LogP contribution is 2.14. The van der Waals surface area contributed by atoms with E-state index in [-0.39, 0.29) is 5.60 Å². The molecule has 2 rings (SSSR count). The molecule has 2 fully saturated rings. The van der Waals surface area contributed by atoms with Crippen molar-refractivity contribution in [1.82, 2.24) is 10.2 Å². The van der Waals surface area contributed by atoms with E-state index in [9.17, 15) is 0 Å². The Bertz CT molecular complexity index is 187. The van der Waals surface area contributed by atoms with Gasteiger partial charge in [0.2, 0.25) is 0 Å². The van der Waals surface area contributed by atoms with E-state index in [0.29, 0.717) is 0 Å². The molecule has 4 heteroatoms. The summed E-state index contributed by atoms with van der Waals surface area (Å²) in [7, 11) is 0. The molecule has 0 saturated carbocycles. The first-order chi connectivity index (χ1) is 7.29. The van der Waals surface area contributed by atoms with Crippen LogP contribution in [0.15, 0.2) is 0 Å². The fraction of sp³-hybridized carbons (Fsp3) is 1.00. The lowest BCUT2D eigenvalue weighted by Gasteiger charge is -2.39. The summed E-state index contributed by atoms with van der Waals surface area (Å²) in [6, 6.07) is 0. The minimum atomic E-state index is 0.0996. The van der Waals surface area contributed by atoms with Crippen molar-refractivity contribution in [2.45, 2.75) is 18.9 Å². The molecule has 2 aliphatic heterocycles. The van der Waals surface area contributed by atoms with Crippen molar-refractivity contribution in [3.05, 3.63) is 0 Å². The van der Waals surface area contributed by atoms with Gasteiger partial charge in [-0.05, 0) is 13.3 Å². The molecule has 0 aromatic heterocycles. The Morgan fingerprint density at radius 1 is 1.33 bits per heavy atom. The van der Waals surface area contributed by atoms with E-state index >= 15 is 0 Å². The van der Waals surface area contributed by atoms with Gasteiger partial charge in [0.1, 0.15) is 0 Å². The molecule has 4 nitrogen and oxygen atoms in total. The number of hydrogen-bond acceptors (Lipinski definition) is 4. The number of hydrogen-bond donors (Lipinski definition) is 1. The van der Waals surface area contributed by atoms with Crippen LogP contribution in [0.25, 0.3) is 0 Å². The first-order valence-corrected chi connectivity index (χ1v) is 5.93. The summed E-state index contributed by atoms with van der Waals surface area (Å²) in [5, 5.41) is 3.24. The van der Waals surface area contributed by atoms with Crippen LogP contribution >= 0.6 is 0 Å². The van der Waals surface area contributed by atoms with Gasteiger partial charge in [0.15, 0.2) is 0 Å². The van der Waals surface area contributed by atoms with Crippen LogP contribution in [0.1, 0.15) is 13.3 Å². The molecule has 0 aromatic rings. The standard InChI is InChI=1S/C11H22N2O2/c1-11(9-12-10-11)15-8-5-13-3-2-6-14-7-4-13/h12H,2-10H2,1H3. The van der Waals surface area contributed by atoms with Crippen molar-refractivity contribution in [3.8, 4) is 0 Å². The molecule has 0 aliphatic carbocycles. The van der Waals surface area contributed by atoms with E-state index in [1.165, 1.54) is 0 Å². The Balaban J connectivity index is 1.59. The molecule has 0 unspecified atom stereocenters. The van der Waals surface area contributed by atoms with Crippen LogP contribution in [0.5, 0.6) is 0 Å². The Morgan fingerprint density at radius 3 is 2.93 bits per heavy atom. The van der Waals surface area contributed by atoms with Crippen molar-refractivity contribution >= 4 is 0 Å². The number of rotatable bonds is 4. The molecular weight excluding hydrogens is 192 g/mol. The fourth-order valence-corrected chi connectivity index (χ4v) is 2.02. The first kappa shape index (κ1) is 11.3. The zero-order valence-electron chi connectivity index (χ0n) is 9.63. The Hall–Kier alpha value is -0.160. The van der Waals surface area contributed by atoms with E-state index in [1.807, 2.05) is 0 Å². The maximum atomic E-state index is 5.86. The highest BCUT2D eigenvalue weighted by atomic mass is 16.5. The Kier molecular flexibility index (Phi) is 3.97. The topological polar surface area (TPSA) is 33.7 Å². The van der Waals surface area contributed by atoms with Crippen LogP contribution in [0, 0.1) is 0 Å². The minimum absolute atomic E-state index is 0.0996. The highest BCUT2D eigenvalue weighted by molar-refractivity contribution is 4.90. The van der Waals surface area contributed by atoms with Gasteiger partial charge in [-0.25, -0.2) is 0 Å². The van der Waals surface area contributed by atoms with Crippen LogP contribution in [0.2, 0.25) is 0 Å². The second kappa shape index (κ2) is 5.25. The summed E-state index contributed by atoms with van der Waals surface area (Å²) in [6.45, 7) is 10.0. The van der Waals surface area contributed by atoms with Crippen LogP contribution < -0.4 is 5.32 Å². The van der Waals surface area contributed by atoms with Gasteiger partial charge in [0, 0.05) is 39.3 Å². The number of nitrogens with one attached hydrogen (secondary N) is 1. The van der Waals surface area contributed by atoms with Gasteiger partial charge < -0.3 is 14.8 Å². The van der Waals surface area contributed by atoms with E-state index < -0.39 is 0 Å². The van der Waals surface area contributed by atoms with Gasteiger partial charge in [-0.3, -0.25) is 4.90 Å². The Morgan fingerprint density at radius 2 is 2.20 bits per heavy atom. The smallest absolute Gasteiger partial charge is 0.0902 e. The third-order valence-corrected chi connectivity index (χ3v) is 3.17. The van der Waals surface area contributed by atoms with Gasteiger partial charge in [-0.15, -0.1) is 0 Å². The van der Waals surface area contributed by atoms with Crippen molar-refractivity contribution < 1.29 is 9.47 Å². The molecule has 1 N–H and O–H groups in total. The minimum Gasteiger partial charge on any atom is -0.380 e. The molecule has 0 atom stereocenters. The van der Waals surface area contributed by atoms with E-state index in [0.717, 1.165) is 59.0 Å². The van der Waals surface area contributed by atoms with Gasteiger partial charge in [0.05, 0.1) is 18.8 Å². The second-order valence-corrected chi connectivity index (χ2v) is 4.71. The van der Waals surface area contributed by atoms with E-state index in [2.05, 4.69) is 17.1 Å². The largest absolute Gasteiger partial charge is 0.380 e. The number of ether oxygens (including phenoxy) is 2. The summed E-state index contributed by atoms with van der Waals surface area (Å²) < 4.78 is 11.3. The van der Waals surface area contributed by atoms with Crippen molar-refractivity contribution in [3.63, 3.8) is 0 Å². The van der Waals surface area contributed by atoms with Crippen molar-refractivity contribution in [2.75, 3.05) is 52.5 Å². The van der Waals surface area contributed by atoms with Gasteiger partial charge in [-0.1, -0.05) is 0 Å². The van der Waals surface area contributed by atoms with E-state index in [1.54, 1.807) is 0 Å². The Labute approximate surface area is 91.9 Å². The molecule has 0 aromatic carbocycles. The molecule has 0 spiro atoms. The zero-order valence-corrected chi connectivity index (χ0v) is 9.63. The third-order valence-electron chi connectivity index (χ3n) is 3.17. The summed E-state index contributed by atoms with van der Waals surface area (Å²) in [5.74, 6) is 0. The number of nitrogens with zero attached hydrogens (tertiary/aromatic N) is 1. The third kappa shape index (κ3) is 3.41. The highest BCUT2D eigenvalue weighted by Gasteiger charge is 2.32. The lowest BCUT2D eigenvalue weighted by Crippen LogP contribution is -2.59. The maximum absolute atomic E-state index is 5.86. The molecule has 2 aliphatic rings. The summed E-state index contributed by atoms with van der Waals surface area (Å²) in [6.07, 6.45) is 1.15. The lowest BCUT2D eigenvalue weighted by atomic mass is 10.0. The monoisotopic (exact) mass is 214 g/mol. The van der Waals surface area contributed by atoms with Crippen molar-refractivity contribution in [2.24, 2.45) is 0 Å². The zero-order chi connectivity index (χ0) is 10.6. The molecular formula is C11H22N2O2. The van der Waals surface area contributed by atoms with Gasteiger partial charge in [0.25, 0.3) is 0 Å². The maximum Gasteiger partial charge on any atom is 0.0902 e. The van der Waals surface area contributed by atoms with Crippen molar-refractivity contribution in [1.29, 1.82) is 0 Å². The molecule has 2 heterocycles. The normalized spacial score (nSPS) is 27.0. The summed E-state index contributed by atoms with van der Waals surface area (Å²) in [4.78, 5) is 2.43. The molecule has 0 amide bonds. The quantitative estimate of drug-likeness (QED) is 0.719. The van der Waals surface area contributed by atoms with Crippen LogP contribution in [-0.4, -0.2) is 63.0 Å². The van der Waals surface area contributed by atoms with Gasteiger partial charge in [-0.2, -0.15) is 0 Å². The molecule has 15 heavy (non-hydrogen) atoms. The lowest BCUT2D eigenvalue weighted by molar-refractivity contribution is -0.0720. The molecule has 0 bridgehead atoms. The predicted octanol–water partition coefficient (Wildman–Crippen LogP) is 0.0872. The van der Waals surface area contributed by atoms with Crippen LogP contribution in [0.3, 0.4) is 0 Å². The summed E-state index contributed by atoms with van der Waals surface area (Å²) >= 11 is 0. The van der Waals surface area contributed by atoms with Gasteiger partial charge >= 0.3 is 0 Å².